The molecule has 10 heavy (non-hydrogen) atoms. The zero-order valence-corrected chi connectivity index (χ0v) is 8.43. The monoisotopic (exact) mass is 176 g/mol. The zero-order valence-electron chi connectivity index (χ0n) is 6.80. The molecule has 2 heteroatoms. The highest BCUT2D eigenvalue weighted by Crippen LogP contribution is 2.34. The van der Waals surface area contributed by atoms with Crippen molar-refractivity contribution in [3.63, 3.8) is 0 Å². The van der Waals surface area contributed by atoms with Gasteiger partial charge in [0.25, 0.3) is 0 Å². The summed E-state index contributed by atoms with van der Waals surface area (Å²) in [5.74, 6) is 2.75. The number of hydrogen-bond donors (Lipinski definition) is 0. The number of hydrogen-bond acceptors (Lipinski definition) is 2. The maximum atomic E-state index is 2.31. The van der Waals surface area contributed by atoms with Gasteiger partial charge in [-0.2, -0.15) is 23.5 Å². The fourth-order valence-corrected chi connectivity index (χ4v) is 4.51. The Morgan fingerprint density at radius 1 is 1.00 bits per heavy atom. The minimum absolute atomic E-state index is 0.948. The first-order valence-corrected chi connectivity index (χ1v) is 6.21. The molecule has 1 aliphatic rings. The summed E-state index contributed by atoms with van der Waals surface area (Å²) in [7, 11) is 0. The van der Waals surface area contributed by atoms with E-state index in [2.05, 4.69) is 37.4 Å². The van der Waals surface area contributed by atoms with Crippen molar-refractivity contribution in [2.24, 2.45) is 0 Å². The summed E-state index contributed by atoms with van der Waals surface area (Å²) < 4.78 is 0. The Balaban J connectivity index is 2.34. The summed E-state index contributed by atoms with van der Waals surface area (Å²) in [4.78, 5) is 0. The summed E-state index contributed by atoms with van der Waals surface area (Å²) in [5.41, 5.74) is 0. The Kier molecular flexibility index (Phi) is 4.00. The van der Waals surface area contributed by atoms with Crippen LogP contribution in [-0.4, -0.2) is 22.0 Å². The van der Waals surface area contributed by atoms with Gasteiger partial charge in [-0.15, -0.1) is 0 Å². The molecule has 1 aliphatic heterocycles. The summed E-state index contributed by atoms with van der Waals surface area (Å²) in [5, 5.41) is 1.90. The average molecular weight is 176 g/mol. The van der Waals surface area contributed by atoms with Crippen LogP contribution in [0.1, 0.15) is 26.7 Å². The summed E-state index contributed by atoms with van der Waals surface area (Å²) in [6.45, 7) is 4.62. The average Bonchev–Trinajstić information content (AvgIpc) is 2.04. The Morgan fingerprint density at radius 2 is 1.40 bits per heavy atom. The Hall–Kier alpha value is 0.700. The molecule has 1 fully saturated rings. The molecule has 60 valence electrons. The smallest absolute Gasteiger partial charge is 0.0164 e. The van der Waals surface area contributed by atoms with Crippen molar-refractivity contribution < 1.29 is 0 Å². The standard InChI is InChI=1S/C8H16S2/c1-3-7-8(4-2)10-6-5-9-7/h7-8H,3-6H2,1-2H3/t7-,8+. The summed E-state index contributed by atoms with van der Waals surface area (Å²) in [6, 6.07) is 0. The van der Waals surface area contributed by atoms with Gasteiger partial charge in [0, 0.05) is 22.0 Å². The lowest BCUT2D eigenvalue weighted by atomic mass is 10.2. The minimum atomic E-state index is 0.948. The van der Waals surface area contributed by atoms with Crippen molar-refractivity contribution in [3.05, 3.63) is 0 Å². The molecular formula is C8H16S2. The molecule has 0 aliphatic carbocycles. The first kappa shape index (κ1) is 8.79. The highest BCUT2D eigenvalue weighted by molar-refractivity contribution is 8.07. The third kappa shape index (κ3) is 2.09. The molecule has 0 saturated carbocycles. The number of rotatable bonds is 2. The van der Waals surface area contributed by atoms with Crippen molar-refractivity contribution >= 4 is 23.5 Å². The molecule has 0 N–H and O–H groups in total. The van der Waals surface area contributed by atoms with Crippen LogP contribution >= 0.6 is 23.5 Å². The molecule has 0 nitrogen and oxygen atoms in total. The maximum absolute atomic E-state index is 2.31. The van der Waals surface area contributed by atoms with E-state index in [0.717, 1.165) is 10.5 Å². The van der Waals surface area contributed by atoms with Crippen molar-refractivity contribution in [2.75, 3.05) is 11.5 Å². The minimum Gasteiger partial charge on any atom is -0.157 e. The van der Waals surface area contributed by atoms with Crippen molar-refractivity contribution in [1.29, 1.82) is 0 Å². The SMILES string of the molecule is CC[C@@H]1SCCS[C@@H]1CC. The van der Waals surface area contributed by atoms with Gasteiger partial charge >= 0.3 is 0 Å². The molecule has 0 amide bonds. The van der Waals surface area contributed by atoms with E-state index in [1.165, 1.54) is 24.3 Å². The molecule has 1 saturated heterocycles. The highest BCUT2D eigenvalue weighted by atomic mass is 32.2. The van der Waals surface area contributed by atoms with E-state index >= 15 is 0 Å². The quantitative estimate of drug-likeness (QED) is 0.634. The molecule has 0 aromatic heterocycles. The van der Waals surface area contributed by atoms with E-state index in [9.17, 15) is 0 Å². The van der Waals surface area contributed by atoms with Crippen LogP contribution in [0, 0.1) is 0 Å². The second kappa shape index (κ2) is 4.55. The molecule has 0 unspecified atom stereocenters. The third-order valence-corrected chi connectivity index (χ3v) is 5.46. The molecule has 1 rings (SSSR count). The largest absolute Gasteiger partial charge is 0.157 e. The van der Waals surface area contributed by atoms with Gasteiger partial charge in [0.2, 0.25) is 0 Å². The predicted molar refractivity (Wildman–Crippen MR) is 53.1 cm³/mol. The Bertz CT molecular complexity index is 81.3. The van der Waals surface area contributed by atoms with Crippen LogP contribution in [0.25, 0.3) is 0 Å². The molecule has 0 bridgehead atoms. The molecule has 0 aromatic carbocycles. The van der Waals surface area contributed by atoms with E-state index in [1.807, 2.05) is 0 Å². The summed E-state index contributed by atoms with van der Waals surface area (Å²) in [6.07, 6.45) is 2.71. The van der Waals surface area contributed by atoms with E-state index in [-0.39, 0.29) is 0 Å². The van der Waals surface area contributed by atoms with Crippen LogP contribution in [0.5, 0.6) is 0 Å². The van der Waals surface area contributed by atoms with Crippen LogP contribution in [0.3, 0.4) is 0 Å². The fraction of sp³-hybridized carbons (Fsp3) is 1.00. The van der Waals surface area contributed by atoms with Gasteiger partial charge < -0.3 is 0 Å². The second-order valence-corrected chi connectivity index (χ2v) is 5.33. The molecular weight excluding hydrogens is 160 g/mol. The van der Waals surface area contributed by atoms with Crippen molar-refractivity contribution in [3.8, 4) is 0 Å². The summed E-state index contributed by atoms with van der Waals surface area (Å²) >= 11 is 4.35. The Labute approximate surface area is 72.5 Å². The van der Waals surface area contributed by atoms with Gasteiger partial charge in [0.05, 0.1) is 0 Å². The maximum Gasteiger partial charge on any atom is 0.0164 e. The van der Waals surface area contributed by atoms with Crippen LogP contribution in [0.15, 0.2) is 0 Å². The lowest BCUT2D eigenvalue weighted by Gasteiger charge is -2.28. The molecule has 0 aromatic rings. The van der Waals surface area contributed by atoms with Crippen molar-refractivity contribution in [1.82, 2.24) is 0 Å². The molecule has 0 radical (unpaired) electrons. The van der Waals surface area contributed by atoms with E-state index < -0.39 is 0 Å². The van der Waals surface area contributed by atoms with Gasteiger partial charge in [-0.25, -0.2) is 0 Å². The van der Waals surface area contributed by atoms with Gasteiger partial charge in [-0.3, -0.25) is 0 Å². The van der Waals surface area contributed by atoms with Crippen molar-refractivity contribution in [2.45, 2.75) is 37.2 Å². The zero-order chi connectivity index (χ0) is 7.40. The first-order valence-electron chi connectivity index (χ1n) is 4.11. The van der Waals surface area contributed by atoms with Crippen LogP contribution in [0.4, 0.5) is 0 Å². The van der Waals surface area contributed by atoms with E-state index in [0.29, 0.717) is 0 Å². The fourth-order valence-electron chi connectivity index (χ4n) is 1.38. The topological polar surface area (TPSA) is 0 Å². The second-order valence-electron chi connectivity index (χ2n) is 2.63. The third-order valence-electron chi connectivity index (χ3n) is 1.97. The normalized spacial score (nSPS) is 34.2. The van der Waals surface area contributed by atoms with Gasteiger partial charge in [0.1, 0.15) is 0 Å². The van der Waals surface area contributed by atoms with Gasteiger partial charge in [0.15, 0.2) is 0 Å². The van der Waals surface area contributed by atoms with Crippen LogP contribution < -0.4 is 0 Å². The van der Waals surface area contributed by atoms with Crippen LogP contribution in [0.2, 0.25) is 0 Å². The first-order chi connectivity index (χ1) is 4.88. The lowest BCUT2D eigenvalue weighted by molar-refractivity contribution is 0.733. The van der Waals surface area contributed by atoms with E-state index in [4.69, 9.17) is 0 Å². The van der Waals surface area contributed by atoms with Gasteiger partial charge in [-0.05, 0) is 12.8 Å². The number of thioether (sulfide) groups is 2. The van der Waals surface area contributed by atoms with Gasteiger partial charge in [-0.1, -0.05) is 13.8 Å². The molecule has 0 spiro atoms. The molecule has 2 atom stereocenters. The van der Waals surface area contributed by atoms with E-state index in [1.54, 1.807) is 0 Å². The van der Waals surface area contributed by atoms with Crippen LogP contribution in [-0.2, 0) is 0 Å². The molecule has 1 heterocycles. The predicted octanol–water partition coefficient (Wildman–Crippen LogP) is 3.02. The lowest BCUT2D eigenvalue weighted by Crippen LogP contribution is -2.24. The highest BCUT2D eigenvalue weighted by Gasteiger charge is 2.22. The Morgan fingerprint density at radius 3 is 1.70 bits per heavy atom.